The Bertz CT molecular complexity index is 312. The molecule has 3 N–H and O–H groups in total. The SMILES string of the molecule is COCCOCCC(CN)(CO)c1ccccc1. The zero-order valence-electron chi connectivity index (χ0n) is 11.0. The van der Waals surface area contributed by atoms with Gasteiger partial charge in [-0.25, -0.2) is 0 Å². The number of methoxy groups -OCH3 is 1. The highest BCUT2D eigenvalue weighted by atomic mass is 16.5. The fourth-order valence-corrected chi connectivity index (χ4v) is 1.90. The molecule has 0 spiro atoms. The topological polar surface area (TPSA) is 64.7 Å². The van der Waals surface area contributed by atoms with Gasteiger partial charge in [0.2, 0.25) is 0 Å². The highest BCUT2D eigenvalue weighted by Gasteiger charge is 2.29. The van der Waals surface area contributed by atoms with Crippen molar-refractivity contribution in [2.75, 3.05) is 40.1 Å². The molecular weight excluding hydrogens is 230 g/mol. The highest BCUT2D eigenvalue weighted by Crippen LogP contribution is 2.26. The number of rotatable bonds is 9. The zero-order chi connectivity index (χ0) is 13.3. The number of benzene rings is 1. The van der Waals surface area contributed by atoms with Crippen molar-refractivity contribution >= 4 is 0 Å². The molecule has 0 saturated carbocycles. The number of nitrogens with two attached hydrogens (primary N) is 1. The van der Waals surface area contributed by atoms with Crippen molar-refractivity contribution in [2.45, 2.75) is 11.8 Å². The predicted octanol–water partition coefficient (Wildman–Crippen LogP) is 0.929. The molecule has 18 heavy (non-hydrogen) atoms. The lowest BCUT2D eigenvalue weighted by Crippen LogP contribution is -2.40. The van der Waals surface area contributed by atoms with Crippen LogP contribution in [0.1, 0.15) is 12.0 Å². The molecular formula is C14H23NO3. The van der Waals surface area contributed by atoms with E-state index in [1.807, 2.05) is 30.3 Å². The molecule has 1 aromatic carbocycles. The van der Waals surface area contributed by atoms with Gasteiger partial charge in [-0.1, -0.05) is 30.3 Å². The van der Waals surface area contributed by atoms with Crippen molar-refractivity contribution in [3.63, 3.8) is 0 Å². The summed E-state index contributed by atoms with van der Waals surface area (Å²) >= 11 is 0. The van der Waals surface area contributed by atoms with E-state index >= 15 is 0 Å². The van der Waals surface area contributed by atoms with Gasteiger partial charge in [0.15, 0.2) is 0 Å². The maximum Gasteiger partial charge on any atom is 0.0700 e. The maximum atomic E-state index is 9.67. The summed E-state index contributed by atoms with van der Waals surface area (Å²) in [6.07, 6.45) is 0.702. The van der Waals surface area contributed by atoms with E-state index in [-0.39, 0.29) is 6.61 Å². The summed E-state index contributed by atoms with van der Waals surface area (Å²) in [5.74, 6) is 0. The fraction of sp³-hybridized carbons (Fsp3) is 0.571. The summed E-state index contributed by atoms with van der Waals surface area (Å²) in [5, 5.41) is 9.67. The van der Waals surface area contributed by atoms with E-state index in [0.29, 0.717) is 32.8 Å². The number of aliphatic hydroxyl groups is 1. The normalized spacial score (nSPS) is 14.4. The van der Waals surface area contributed by atoms with Crippen LogP contribution in [0.3, 0.4) is 0 Å². The monoisotopic (exact) mass is 253 g/mol. The van der Waals surface area contributed by atoms with Gasteiger partial charge in [-0.05, 0) is 12.0 Å². The van der Waals surface area contributed by atoms with Crippen molar-refractivity contribution in [1.82, 2.24) is 0 Å². The minimum Gasteiger partial charge on any atom is -0.395 e. The van der Waals surface area contributed by atoms with Gasteiger partial charge in [0.1, 0.15) is 0 Å². The van der Waals surface area contributed by atoms with Gasteiger partial charge in [-0.15, -0.1) is 0 Å². The first kappa shape index (κ1) is 15.1. The second kappa shape index (κ2) is 8.21. The average molecular weight is 253 g/mol. The molecule has 0 radical (unpaired) electrons. The number of aliphatic hydroxyl groups excluding tert-OH is 1. The molecule has 0 fully saturated rings. The highest BCUT2D eigenvalue weighted by molar-refractivity contribution is 5.26. The first-order chi connectivity index (χ1) is 8.79. The van der Waals surface area contributed by atoms with Crippen LogP contribution in [-0.2, 0) is 14.9 Å². The maximum absolute atomic E-state index is 9.67. The van der Waals surface area contributed by atoms with E-state index < -0.39 is 5.41 Å². The predicted molar refractivity (Wildman–Crippen MR) is 71.6 cm³/mol. The minimum atomic E-state index is -0.408. The van der Waals surface area contributed by atoms with Crippen LogP contribution in [-0.4, -0.2) is 45.2 Å². The average Bonchev–Trinajstić information content (AvgIpc) is 2.44. The van der Waals surface area contributed by atoms with Gasteiger partial charge in [0, 0.05) is 25.7 Å². The molecule has 1 atom stereocenters. The standard InChI is InChI=1S/C14H23NO3/c1-17-9-10-18-8-7-14(11-15,12-16)13-5-3-2-4-6-13/h2-6,16H,7-12,15H2,1H3. The van der Waals surface area contributed by atoms with Crippen molar-refractivity contribution in [2.24, 2.45) is 5.73 Å². The largest absolute Gasteiger partial charge is 0.395 e. The molecule has 0 saturated heterocycles. The van der Waals surface area contributed by atoms with Crippen molar-refractivity contribution in [1.29, 1.82) is 0 Å². The third-order valence-electron chi connectivity index (χ3n) is 3.24. The third kappa shape index (κ3) is 4.07. The van der Waals surface area contributed by atoms with E-state index in [1.165, 1.54) is 0 Å². The Morgan fingerprint density at radius 2 is 1.89 bits per heavy atom. The van der Waals surface area contributed by atoms with Gasteiger partial charge in [0.25, 0.3) is 0 Å². The van der Waals surface area contributed by atoms with Gasteiger partial charge in [0.05, 0.1) is 19.8 Å². The summed E-state index contributed by atoms with van der Waals surface area (Å²) in [4.78, 5) is 0. The van der Waals surface area contributed by atoms with Crippen LogP contribution < -0.4 is 5.73 Å². The minimum absolute atomic E-state index is 0.0289. The summed E-state index contributed by atoms with van der Waals surface area (Å²) in [7, 11) is 1.64. The number of ether oxygens (including phenoxy) is 2. The molecule has 1 aromatic rings. The quantitative estimate of drug-likeness (QED) is 0.643. The van der Waals surface area contributed by atoms with Crippen molar-refractivity contribution in [3.05, 3.63) is 35.9 Å². The molecule has 0 amide bonds. The van der Waals surface area contributed by atoms with E-state index in [1.54, 1.807) is 7.11 Å². The molecule has 0 heterocycles. The molecule has 0 aliphatic rings. The van der Waals surface area contributed by atoms with E-state index in [9.17, 15) is 5.11 Å². The molecule has 4 heteroatoms. The second-order valence-corrected chi connectivity index (χ2v) is 4.36. The lowest BCUT2D eigenvalue weighted by molar-refractivity contribution is 0.0538. The first-order valence-electron chi connectivity index (χ1n) is 6.22. The first-order valence-corrected chi connectivity index (χ1v) is 6.22. The molecule has 102 valence electrons. The van der Waals surface area contributed by atoms with Crippen LogP contribution in [0.2, 0.25) is 0 Å². The van der Waals surface area contributed by atoms with Crippen LogP contribution in [0.25, 0.3) is 0 Å². The molecule has 1 rings (SSSR count). The lowest BCUT2D eigenvalue weighted by atomic mass is 9.78. The Morgan fingerprint density at radius 3 is 2.44 bits per heavy atom. The Morgan fingerprint density at radius 1 is 1.17 bits per heavy atom. The summed E-state index contributed by atoms with van der Waals surface area (Å²) in [5.41, 5.74) is 6.50. The molecule has 0 aliphatic heterocycles. The van der Waals surface area contributed by atoms with Crippen LogP contribution in [0.4, 0.5) is 0 Å². The van der Waals surface area contributed by atoms with Crippen LogP contribution in [0, 0.1) is 0 Å². The smallest absolute Gasteiger partial charge is 0.0700 e. The Labute approximate surface area is 109 Å². The zero-order valence-corrected chi connectivity index (χ0v) is 11.0. The fourth-order valence-electron chi connectivity index (χ4n) is 1.90. The molecule has 0 aliphatic carbocycles. The summed E-state index contributed by atoms with van der Waals surface area (Å²) < 4.78 is 10.4. The Balaban J connectivity index is 2.58. The molecule has 4 nitrogen and oxygen atoms in total. The summed E-state index contributed by atoms with van der Waals surface area (Å²) in [6, 6.07) is 9.87. The van der Waals surface area contributed by atoms with Crippen LogP contribution >= 0.6 is 0 Å². The van der Waals surface area contributed by atoms with Gasteiger partial charge >= 0.3 is 0 Å². The number of hydrogen-bond acceptors (Lipinski definition) is 4. The van der Waals surface area contributed by atoms with Gasteiger partial charge in [-0.2, -0.15) is 0 Å². The van der Waals surface area contributed by atoms with Crippen molar-refractivity contribution < 1.29 is 14.6 Å². The van der Waals surface area contributed by atoms with Crippen molar-refractivity contribution in [3.8, 4) is 0 Å². The Hall–Kier alpha value is -0.940. The molecule has 0 aromatic heterocycles. The van der Waals surface area contributed by atoms with Gasteiger partial charge < -0.3 is 20.3 Å². The van der Waals surface area contributed by atoms with Crippen LogP contribution in [0.15, 0.2) is 30.3 Å². The molecule has 1 unspecified atom stereocenters. The van der Waals surface area contributed by atoms with E-state index in [4.69, 9.17) is 15.2 Å². The Kier molecular flexibility index (Phi) is 6.90. The van der Waals surface area contributed by atoms with E-state index in [2.05, 4.69) is 0 Å². The third-order valence-corrected chi connectivity index (χ3v) is 3.24. The van der Waals surface area contributed by atoms with Crippen LogP contribution in [0.5, 0.6) is 0 Å². The second-order valence-electron chi connectivity index (χ2n) is 4.36. The van der Waals surface area contributed by atoms with E-state index in [0.717, 1.165) is 5.56 Å². The molecule has 0 bridgehead atoms. The summed E-state index contributed by atoms with van der Waals surface area (Å²) in [6.45, 7) is 2.15. The number of hydrogen-bond donors (Lipinski definition) is 2. The lowest BCUT2D eigenvalue weighted by Gasteiger charge is -2.31. The van der Waals surface area contributed by atoms with Gasteiger partial charge in [-0.3, -0.25) is 0 Å².